The summed E-state index contributed by atoms with van der Waals surface area (Å²) in [5.74, 6) is -0.293. The second-order valence-corrected chi connectivity index (χ2v) is 14.9. The van der Waals surface area contributed by atoms with Crippen LogP contribution in [-0.4, -0.2) is 54.9 Å². The van der Waals surface area contributed by atoms with E-state index in [-0.39, 0.29) is 63.1 Å². The standard InChI is InChI=1S/C19H16Cl2N2O4S.C19H15FN2O4/c1-11-4-7-14(8-5-11)28(25,26)27-19-17(12(2)22-23(19)3)18(24)15-9-6-13(20)10-16(15)21;1-2-7-21-15-9-14(13(20)8-16(15)26-10-17(21)23)22-18(24)11-5-3-4-6-12(11)19(22)25/h4-10H,1-3H3;1,8-9H,3-7,10H2. The minimum atomic E-state index is -4.16. The summed E-state index contributed by atoms with van der Waals surface area (Å²) in [6.07, 6.45) is 8.01. The number of imide groups is 1. The van der Waals surface area contributed by atoms with Crippen molar-refractivity contribution in [1.82, 2.24) is 9.78 Å². The van der Waals surface area contributed by atoms with E-state index in [1.165, 1.54) is 53.0 Å². The third-order valence-electron chi connectivity index (χ3n) is 8.92. The Morgan fingerprint density at radius 3 is 2.24 bits per heavy atom. The van der Waals surface area contributed by atoms with Crippen molar-refractivity contribution in [2.24, 2.45) is 7.05 Å². The molecule has 2 aliphatic heterocycles. The van der Waals surface area contributed by atoms with Gasteiger partial charge >= 0.3 is 10.1 Å². The molecule has 0 radical (unpaired) electrons. The normalized spacial score (nSPS) is 15.2. The van der Waals surface area contributed by atoms with Crippen molar-refractivity contribution >= 4 is 68.2 Å². The van der Waals surface area contributed by atoms with Crippen molar-refractivity contribution in [2.45, 2.75) is 44.4 Å². The molecule has 3 aliphatic rings. The maximum absolute atomic E-state index is 14.7. The van der Waals surface area contributed by atoms with E-state index in [4.69, 9.17) is 38.5 Å². The summed E-state index contributed by atoms with van der Waals surface area (Å²) in [5.41, 5.74) is 2.39. The number of anilines is 2. The van der Waals surface area contributed by atoms with Gasteiger partial charge in [0.2, 0.25) is 11.7 Å². The van der Waals surface area contributed by atoms with Crippen LogP contribution in [0.5, 0.6) is 11.6 Å². The minimum absolute atomic E-state index is 0.0161. The molecular formula is C38H31Cl2FN4O8S. The number of terminal acetylenes is 1. The van der Waals surface area contributed by atoms with Crippen LogP contribution in [0.4, 0.5) is 15.8 Å². The summed E-state index contributed by atoms with van der Waals surface area (Å²) < 4.78 is 51.8. The van der Waals surface area contributed by atoms with Crippen LogP contribution in [0.15, 0.2) is 70.6 Å². The van der Waals surface area contributed by atoms with Crippen molar-refractivity contribution < 1.29 is 40.9 Å². The number of aromatic nitrogens is 2. The molecular weight excluding hydrogens is 762 g/mol. The van der Waals surface area contributed by atoms with E-state index in [2.05, 4.69) is 11.0 Å². The SMILES string of the molecule is C#CCN1C(=O)COc2cc(F)c(N3C(=O)C4=C(CCCC4)C3=O)cc21.Cc1ccc(S(=O)(=O)Oc2c(C(=O)c3ccc(Cl)cc3Cl)c(C)nn2C)cc1. The second-order valence-electron chi connectivity index (χ2n) is 12.5. The highest BCUT2D eigenvalue weighted by atomic mass is 35.5. The van der Waals surface area contributed by atoms with Gasteiger partial charge in [-0.05, 0) is 75.9 Å². The zero-order valence-electron chi connectivity index (χ0n) is 29.1. The molecule has 0 spiro atoms. The number of carbonyl (C=O) groups is 4. The highest BCUT2D eigenvalue weighted by molar-refractivity contribution is 7.87. The minimum Gasteiger partial charge on any atom is -0.481 e. The van der Waals surface area contributed by atoms with Gasteiger partial charge in [-0.1, -0.05) is 46.8 Å². The van der Waals surface area contributed by atoms with Gasteiger partial charge in [-0.15, -0.1) is 6.42 Å². The number of ketones is 1. The molecule has 3 aromatic carbocycles. The lowest BCUT2D eigenvalue weighted by Gasteiger charge is -2.29. The molecule has 278 valence electrons. The van der Waals surface area contributed by atoms with Crippen molar-refractivity contribution in [3.8, 4) is 24.0 Å². The number of carbonyl (C=O) groups excluding carboxylic acids is 4. The molecule has 54 heavy (non-hydrogen) atoms. The number of halogens is 3. The van der Waals surface area contributed by atoms with Crippen LogP contribution in [0.2, 0.25) is 10.0 Å². The molecule has 16 heteroatoms. The number of rotatable bonds is 7. The predicted molar refractivity (Wildman–Crippen MR) is 198 cm³/mol. The lowest BCUT2D eigenvalue weighted by atomic mass is 9.93. The highest BCUT2D eigenvalue weighted by Crippen LogP contribution is 2.42. The molecule has 0 N–H and O–H groups in total. The number of ether oxygens (including phenoxy) is 1. The van der Waals surface area contributed by atoms with Crippen LogP contribution in [0.1, 0.15) is 52.9 Å². The maximum Gasteiger partial charge on any atom is 0.340 e. The van der Waals surface area contributed by atoms with E-state index in [1.807, 2.05) is 6.92 Å². The fourth-order valence-electron chi connectivity index (χ4n) is 6.26. The fourth-order valence-corrected chi connectivity index (χ4v) is 7.72. The number of hydrogen-bond acceptors (Lipinski definition) is 9. The summed E-state index contributed by atoms with van der Waals surface area (Å²) in [6, 6.07) is 13.0. The van der Waals surface area contributed by atoms with Crippen molar-refractivity contribution in [2.75, 3.05) is 23.0 Å². The summed E-state index contributed by atoms with van der Waals surface area (Å²) in [6.45, 7) is 3.17. The highest BCUT2D eigenvalue weighted by Gasteiger charge is 2.42. The Balaban J connectivity index is 0.000000185. The van der Waals surface area contributed by atoms with Gasteiger partial charge in [-0.25, -0.2) is 14.0 Å². The molecule has 1 aliphatic carbocycles. The van der Waals surface area contributed by atoms with Gasteiger partial charge in [0.1, 0.15) is 16.2 Å². The summed E-state index contributed by atoms with van der Waals surface area (Å²) in [5, 5.41) is 4.66. The first-order valence-electron chi connectivity index (χ1n) is 16.5. The Morgan fingerprint density at radius 2 is 1.63 bits per heavy atom. The number of benzene rings is 3. The Bertz CT molecular complexity index is 2410. The third kappa shape index (κ3) is 7.22. The number of fused-ring (bicyclic) bond motifs is 1. The van der Waals surface area contributed by atoms with Crippen LogP contribution in [-0.2, 0) is 31.5 Å². The lowest BCUT2D eigenvalue weighted by molar-refractivity contribution is -0.121. The average Bonchev–Trinajstić information content (AvgIpc) is 3.55. The maximum atomic E-state index is 14.7. The van der Waals surface area contributed by atoms with Gasteiger partial charge in [0.05, 0.1) is 28.6 Å². The van der Waals surface area contributed by atoms with Crippen LogP contribution in [0.25, 0.3) is 0 Å². The molecule has 0 saturated carbocycles. The molecule has 4 aromatic rings. The average molecular weight is 794 g/mol. The van der Waals surface area contributed by atoms with Gasteiger partial charge in [-0.2, -0.15) is 13.5 Å². The van der Waals surface area contributed by atoms with Crippen molar-refractivity contribution in [1.29, 1.82) is 0 Å². The quantitative estimate of drug-likeness (QED) is 0.0915. The van der Waals surface area contributed by atoms with E-state index in [1.54, 1.807) is 19.1 Å². The Hall–Kier alpha value is -5.49. The Labute approximate surface area is 320 Å². The zero-order valence-corrected chi connectivity index (χ0v) is 31.4. The topological polar surface area (TPSA) is 145 Å². The fraction of sp³-hybridized carbons (Fsp3) is 0.237. The van der Waals surface area contributed by atoms with Gasteiger partial charge in [0.25, 0.3) is 17.7 Å². The molecule has 1 aromatic heterocycles. The van der Waals surface area contributed by atoms with Gasteiger partial charge in [0, 0.05) is 34.8 Å². The molecule has 3 heterocycles. The number of hydrogen-bond donors (Lipinski definition) is 0. The van der Waals surface area contributed by atoms with E-state index in [0.717, 1.165) is 29.4 Å². The molecule has 3 amide bonds. The molecule has 0 fully saturated rings. The first kappa shape index (κ1) is 38.2. The first-order valence-corrected chi connectivity index (χ1v) is 18.6. The lowest BCUT2D eigenvalue weighted by Crippen LogP contribution is -2.39. The smallest absolute Gasteiger partial charge is 0.340 e. The predicted octanol–water partition coefficient (Wildman–Crippen LogP) is 6.27. The first-order chi connectivity index (χ1) is 25.6. The molecule has 0 unspecified atom stereocenters. The van der Waals surface area contributed by atoms with E-state index in [0.29, 0.717) is 34.7 Å². The van der Waals surface area contributed by atoms with E-state index < -0.39 is 33.5 Å². The monoisotopic (exact) mass is 792 g/mol. The Morgan fingerprint density at radius 1 is 0.981 bits per heavy atom. The molecule has 7 rings (SSSR count). The second kappa shape index (κ2) is 15.1. The molecule has 12 nitrogen and oxygen atoms in total. The van der Waals surface area contributed by atoms with E-state index in [9.17, 15) is 32.0 Å². The Kier molecular flexibility index (Phi) is 10.7. The summed E-state index contributed by atoms with van der Waals surface area (Å²) in [7, 11) is -2.67. The van der Waals surface area contributed by atoms with Crippen LogP contribution in [0.3, 0.4) is 0 Å². The van der Waals surface area contributed by atoms with Crippen molar-refractivity contribution in [3.05, 3.63) is 104 Å². The van der Waals surface area contributed by atoms with Gasteiger partial charge in [0.15, 0.2) is 12.4 Å². The van der Waals surface area contributed by atoms with Crippen LogP contribution in [0, 0.1) is 32.0 Å². The third-order valence-corrected chi connectivity index (χ3v) is 10.7. The van der Waals surface area contributed by atoms with Crippen molar-refractivity contribution in [3.63, 3.8) is 0 Å². The van der Waals surface area contributed by atoms with Crippen LogP contribution >= 0.6 is 23.2 Å². The van der Waals surface area contributed by atoms with Gasteiger partial charge < -0.3 is 8.92 Å². The number of aryl methyl sites for hydroxylation is 3. The molecule has 0 saturated heterocycles. The van der Waals surface area contributed by atoms with E-state index >= 15 is 0 Å². The van der Waals surface area contributed by atoms with Crippen LogP contribution < -0.4 is 18.7 Å². The molecule has 0 bridgehead atoms. The largest absolute Gasteiger partial charge is 0.481 e. The zero-order chi connectivity index (χ0) is 39.1. The number of nitrogens with zero attached hydrogens (tertiary/aromatic N) is 4. The summed E-state index contributed by atoms with van der Waals surface area (Å²) in [4.78, 5) is 52.6. The molecule has 0 atom stereocenters. The number of amides is 3. The van der Waals surface area contributed by atoms with Gasteiger partial charge in [-0.3, -0.25) is 24.1 Å². The summed E-state index contributed by atoms with van der Waals surface area (Å²) >= 11 is 12.0.